The first kappa shape index (κ1) is 75.3. The third kappa shape index (κ3) is 50.0. The van der Waals surface area contributed by atoms with Crippen molar-refractivity contribution in [3.63, 3.8) is 0 Å². The Labute approximate surface area is 408 Å². The molecule has 0 fully saturated rings. The molecule has 0 saturated heterocycles. The molecular formula is C34H65N3O20S7. The zero-order valence-corrected chi connectivity index (χ0v) is 41.9. The second kappa shape index (κ2) is 51.0. The molecule has 4 atom stereocenters. The lowest BCUT2D eigenvalue weighted by atomic mass is 10.3. The predicted molar refractivity (Wildman–Crippen MR) is 262 cm³/mol. The number of hydrogen-bond acceptors (Lipinski definition) is 20. The summed E-state index contributed by atoms with van der Waals surface area (Å²) >= 11 is 25.9. The van der Waals surface area contributed by atoms with Gasteiger partial charge in [-0.05, 0) is 25.7 Å². The van der Waals surface area contributed by atoms with Gasteiger partial charge in [-0.1, -0.05) is 27.7 Å². The number of aliphatic carboxylic acids is 7. The van der Waals surface area contributed by atoms with Crippen molar-refractivity contribution in [1.29, 1.82) is 0 Å². The van der Waals surface area contributed by atoms with Gasteiger partial charge in [-0.2, -0.15) is 88.4 Å². The number of aromatic nitrogens is 3. The van der Waals surface area contributed by atoms with Gasteiger partial charge >= 0.3 is 58.9 Å². The summed E-state index contributed by atoms with van der Waals surface area (Å²) < 4.78 is 2.06. The summed E-state index contributed by atoms with van der Waals surface area (Å²) in [5.74, 6) is -4.45. The molecule has 23 nitrogen and oxygen atoms in total. The number of carbonyl (C=O) groups is 7. The van der Waals surface area contributed by atoms with Crippen LogP contribution in [0.5, 0.6) is 0 Å². The van der Waals surface area contributed by atoms with Crippen molar-refractivity contribution >= 4 is 130 Å². The molecule has 0 bridgehead atoms. The molecule has 0 aliphatic rings. The van der Waals surface area contributed by atoms with Crippen molar-refractivity contribution in [2.45, 2.75) is 113 Å². The van der Waals surface area contributed by atoms with Gasteiger partial charge in [-0.15, -0.1) is 0 Å². The van der Waals surface area contributed by atoms with E-state index >= 15 is 0 Å². The first-order valence-corrected chi connectivity index (χ1v) is 22.5. The first-order valence-electron chi connectivity index (χ1n) is 18.5. The number of nitrogens with zero attached hydrogens (tertiary/aromatic N) is 3. The highest BCUT2D eigenvalue weighted by molar-refractivity contribution is 7.82. The van der Waals surface area contributed by atoms with Gasteiger partial charge < -0.3 is 51.1 Å². The lowest BCUT2D eigenvalue weighted by molar-refractivity contribution is -0.137. The summed E-state index contributed by atoms with van der Waals surface area (Å²) in [6.45, 7) is 5.05. The number of rotatable bonds is 20. The Hall–Kier alpha value is -2.97. The fraction of sp³-hybridized carbons (Fsp3) is 0.706. The number of carboxylic acids is 7. The van der Waals surface area contributed by atoms with Crippen LogP contribution in [0.4, 0.5) is 0 Å². The van der Waals surface area contributed by atoms with E-state index in [9.17, 15) is 47.9 Å². The molecule has 378 valence electrons. The summed E-state index contributed by atoms with van der Waals surface area (Å²) in [4.78, 5) is 103. The minimum atomic E-state index is -0.887. The maximum atomic E-state index is 11.8. The van der Waals surface area contributed by atoms with Crippen molar-refractivity contribution < 1.29 is 84.6 Å². The average molecular weight is 1060 g/mol. The molecule has 30 heteroatoms. The lowest BCUT2D eigenvalue weighted by Gasteiger charge is -2.11. The van der Waals surface area contributed by atoms with Gasteiger partial charge in [0, 0.05) is 17.3 Å². The maximum absolute atomic E-state index is 11.8. The second-order valence-corrected chi connectivity index (χ2v) is 15.0. The number of hydrogen-bond donors (Lipinski definition) is 17. The Morgan fingerprint density at radius 2 is 0.562 bits per heavy atom. The van der Waals surface area contributed by atoms with Gasteiger partial charge in [-0.3, -0.25) is 33.6 Å². The molecule has 1 aromatic rings. The summed E-state index contributed by atoms with van der Waals surface area (Å²) in [5.41, 5.74) is -2.66. The van der Waals surface area contributed by atoms with Crippen LogP contribution in [0.25, 0.3) is 0 Å². The summed E-state index contributed by atoms with van der Waals surface area (Å²) in [5, 5.41) is 80.4. The van der Waals surface area contributed by atoms with Crippen molar-refractivity contribution in [2.24, 2.45) is 0 Å². The Morgan fingerprint density at radius 1 is 0.406 bits per heavy atom. The van der Waals surface area contributed by atoms with Crippen molar-refractivity contribution in [2.75, 3.05) is 37.1 Å². The fourth-order valence-corrected chi connectivity index (χ4v) is 3.12. The number of thiol groups is 7. The van der Waals surface area contributed by atoms with E-state index in [1.54, 1.807) is 27.7 Å². The number of aliphatic hydroxyl groups excluding tert-OH is 3. The zero-order chi connectivity index (χ0) is 52.1. The number of aliphatic hydroxyl groups is 3. The van der Waals surface area contributed by atoms with Crippen LogP contribution in [0.2, 0.25) is 0 Å². The van der Waals surface area contributed by atoms with Gasteiger partial charge in [0.25, 0.3) is 0 Å². The third-order valence-electron chi connectivity index (χ3n) is 6.02. The van der Waals surface area contributed by atoms with Gasteiger partial charge in [0.05, 0.1) is 79.7 Å². The largest absolute Gasteiger partial charge is 0.481 e. The van der Waals surface area contributed by atoms with Crippen LogP contribution in [0.15, 0.2) is 14.4 Å². The molecule has 0 radical (unpaired) electrons. The summed E-state index contributed by atoms with van der Waals surface area (Å²) in [6.07, 6.45) is 2.79. The third-order valence-corrected chi connectivity index (χ3v) is 9.04. The van der Waals surface area contributed by atoms with E-state index < -0.39 is 99.7 Å². The standard InChI is InChI=1S/C9H15N3O6.4C4H8O2S.3C3H6O2S/c13-4-1-10-7(16)11(2-5-14)9(18)12(3-6-15)8(10)17;4*1-2-3(7)4(5)6;3*4-3(5)1-2-6/h13-15H,1-6H2;4*3,7H,2H2,1H3,(H,5,6);3*6H,1-2H2,(H,4,5). The molecule has 0 aromatic carbocycles. The molecule has 4 unspecified atom stereocenters. The topological polar surface area (TPSA) is 388 Å². The van der Waals surface area contributed by atoms with E-state index in [-0.39, 0.29) is 38.9 Å². The molecule has 10 N–H and O–H groups in total. The van der Waals surface area contributed by atoms with Crippen molar-refractivity contribution in [3.8, 4) is 0 Å². The van der Waals surface area contributed by atoms with Crippen LogP contribution in [0, 0.1) is 0 Å². The van der Waals surface area contributed by atoms with E-state index in [1.165, 1.54) is 0 Å². The van der Waals surface area contributed by atoms with Crippen LogP contribution in [0.1, 0.15) is 72.6 Å². The predicted octanol–water partition coefficient (Wildman–Crippen LogP) is 0.439. The quantitative estimate of drug-likeness (QED) is 0.0788. The molecule has 1 aromatic heterocycles. The Morgan fingerprint density at radius 3 is 0.609 bits per heavy atom. The highest BCUT2D eigenvalue weighted by Crippen LogP contribution is 1.99. The zero-order valence-electron chi connectivity index (χ0n) is 35.6. The second-order valence-electron chi connectivity index (χ2n) is 11.1. The fourth-order valence-electron chi connectivity index (χ4n) is 2.54. The van der Waals surface area contributed by atoms with E-state index in [0.717, 1.165) is 0 Å². The molecule has 0 spiro atoms. The normalized spacial score (nSPS) is 11.2. The van der Waals surface area contributed by atoms with Crippen LogP contribution in [0.3, 0.4) is 0 Å². The van der Waals surface area contributed by atoms with Crippen LogP contribution in [-0.2, 0) is 53.2 Å². The lowest BCUT2D eigenvalue weighted by Crippen LogP contribution is -2.55. The van der Waals surface area contributed by atoms with Crippen LogP contribution in [-0.4, -0.2) is 165 Å². The molecule has 1 rings (SSSR count). The molecule has 0 amide bonds. The van der Waals surface area contributed by atoms with Crippen molar-refractivity contribution in [3.05, 3.63) is 31.5 Å². The minimum Gasteiger partial charge on any atom is -0.481 e. The van der Waals surface area contributed by atoms with Gasteiger partial charge in [-0.25, -0.2) is 28.1 Å². The Kier molecular flexibility index (Phi) is 60.1. The Balaban J connectivity index is -0.000000122. The molecule has 64 heavy (non-hydrogen) atoms. The maximum Gasteiger partial charge on any atom is 0.336 e. The molecule has 0 aliphatic carbocycles. The highest BCUT2D eigenvalue weighted by Gasteiger charge is 2.14. The molecule has 1 heterocycles. The first-order chi connectivity index (χ1) is 29.6. The highest BCUT2D eigenvalue weighted by atomic mass is 32.1. The molecule has 0 aliphatic heterocycles. The smallest absolute Gasteiger partial charge is 0.336 e. The van der Waals surface area contributed by atoms with Crippen molar-refractivity contribution in [1.82, 2.24) is 13.7 Å². The molecule has 0 saturated carbocycles. The summed E-state index contributed by atoms with van der Waals surface area (Å²) in [6, 6.07) is 0. The minimum absolute atomic E-state index is 0.156. The van der Waals surface area contributed by atoms with Gasteiger partial charge in [0.15, 0.2) is 0 Å². The average Bonchev–Trinajstić information content (AvgIpc) is 3.22. The van der Waals surface area contributed by atoms with E-state index in [4.69, 9.17) is 51.1 Å². The monoisotopic (exact) mass is 1060 g/mol. The Bertz CT molecular complexity index is 1380. The molecular weight excluding hydrogens is 995 g/mol. The van der Waals surface area contributed by atoms with E-state index in [2.05, 4.69) is 88.4 Å². The number of carboxylic acid groups (broad SMARTS) is 7. The van der Waals surface area contributed by atoms with Crippen LogP contribution >= 0.6 is 88.4 Å². The summed E-state index contributed by atoms with van der Waals surface area (Å²) in [7, 11) is 0. The van der Waals surface area contributed by atoms with Crippen LogP contribution < -0.4 is 17.1 Å². The van der Waals surface area contributed by atoms with E-state index in [1.807, 2.05) is 0 Å². The van der Waals surface area contributed by atoms with Gasteiger partial charge in [0.2, 0.25) is 0 Å². The SMILES string of the molecule is CCC(S)C(=O)O.CCC(S)C(=O)O.CCC(S)C(=O)O.CCC(S)C(=O)O.O=C(O)CCS.O=C(O)CCS.O=C(O)CCS.O=c1n(CCO)c(=O)n(CCO)c(=O)n1CCO. The van der Waals surface area contributed by atoms with Gasteiger partial charge in [0.1, 0.15) is 0 Å². The van der Waals surface area contributed by atoms with E-state index in [0.29, 0.717) is 56.6 Å².